The highest BCUT2D eigenvalue weighted by molar-refractivity contribution is 5.80. The molecule has 0 aromatic heterocycles. The van der Waals surface area contributed by atoms with E-state index in [-0.39, 0.29) is 30.9 Å². The van der Waals surface area contributed by atoms with E-state index >= 15 is 0 Å². The monoisotopic (exact) mass is 438 g/mol. The van der Waals surface area contributed by atoms with Gasteiger partial charge in [0.15, 0.2) is 0 Å². The van der Waals surface area contributed by atoms with E-state index in [1.807, 2.05) is 24.3 Å². The Morgan fingerprint density at radius 3 is 2.09 bits per heavy atom. The highest BCUT2D eigenvalue weighted by Gasteiger charge is 2.29. The summed E-state index contributed by atoms with van der Waals surface area (Å²) in [4.78, 5) is 35.5. The molecule has 0 radical (unpaired) electrons. The first kappa shape index (κ1) is 23.3. The van der Waals surface area contributed by atoms with Crippen molar-refractivity contribution in [1.82, 2.24) is 10.6 Å². The average Bonchev–Trinajstić information content (AvgIpc) is 3.10. The van der Waals surface area contributed by atoms with Gasteiger partial charge in [-0.15, -0.1) is 0 Å². The Bertz CT molecular complexity index is 944. The van der Waals surface area contributed by atoms with Gasteiger partial charge in [0.05, 0.1) is 5.92 Å². The van der Waals surface area contributed by atoms with E-state index in [2.05, 4.69) is 34.9 Å². The van der Waals surface area contributed by atoms with Crippen molar-refractivity contribution in [2.45, 2.75) is 39.2 Å². The lowest BCUT2D eigenvalue weighted by Crippen LogP contribution is -2.43. The van der Waals surface area contributed by atoms with Crippen molar-refractivity contribution in [3.05, 3.63) is 59.7 Å². The van der Waals surface area contributed by atoms with Crippen molar-refractivity contribution >= 4 is 18.0 Å². The minimum Gasteiger partial charge on any atom is -0.481 e. The van der Waals surface area contributed by atoms with Crippen molar-refractivity contribution in [2.75, 3.05) is 13.2 Å². The second-order valence-corrected chi connectivity index (χ2v) is 8.37. The first-order valence-corrected chi connectivity index (χ1v) is 10.9. The fourth-order valence-corrected chi connectivity index (χ4v) is 3.88. The number of rotatable bonds is 9. The molecule has 32 heavy (non-hydrogen) atoms. The lowest BCUT2D eigenvalue weighted by atomic mass is 9.98. The summed E-state index contributed by atoms with van der Waals surface area (Å²) in [6.45, 7) is 5.48. The van der Waals surface area contributed by atoms with E-state index in [9.17, 15) is 14.4 Å². The van der Waals surface area contributed by atoms with Crippen LogP contribution >= 0.6 is 0 Å². The number of alkyl carbamates (subject to hydrolysis) is 1. The predicted molar refractivity (Wildman–Crippen MR) is 121 cm³/mol. The first-order valence-electron chi connectivity index (χ1n) is 10.9. The normalized spacial score (nSPS) is 15.1. The Balaban J connectivity index is 1.45. The zero-order valence-electron chi connectivity index (χ0n) is 18.6. The second-order valence-electron chi connectivity index (χ2n) is 8.37. The summed E-state index contributed by atoms with van der Waals surface area (Å²) < 4.78 is 5.49. The third-order valence-electron chi connectivity index (χ3n) is 6.15. The van der Waals surface area contributed by atoms with Crippen LogP contribution in [0.15, 0.2) is 48.5 Å². The molecular formula is C25H30N2O5. The van der Waals surface area contributed by atoms with Crippen LogP contribution in [0.25, 0.3) is 11.1 Å². The molecule has 0 saturated heterocycles. The van der Waals surface area contributed by atoms with Gasteiger partial charge in [-0.2, -0.15) is 0 Å². The van der Waals surface area contributed by atoms with Crippen LogP contribution in [0, 0.1) is 11.8 Å². The number of fused-ring (bicyclic) bond motifs is 3. The number of ether oxygens (including phenoxy) is 1. The number of hydrogen-bond donors (Lipinski definition) is 3. The largest absolute Gasteiger partial charge is 0.481 e. The molecule has 0 saturated carbocycles. The number of carbonyl (C=O) groups excluding carboxylic acids is 2. The molecule has 3 N–H and O–H groups in total. The van der Waals surface area contributed by atoms with Crippen molar-refractivity contribution in [2.24, 2.45) is 11.8 Å². The summed E-state index contributed by atoms with van der Waals surface area (Å²) in [5.74, 6) is -2.24. The fraction of sp³-hybridized carbons (Fsp3) is 0.400. The predicted octanol–water partition coefficient (Wildman–Crippen LogP) is 3.78. The van der Waals surface area contributed by atoms with Crippen LogP contribution in [-0.4, -0.2) is 42.3 Å². The summed E-state index contributed by atoms with van der Waals surface area (Å²) in [6.07, 6.45) is -0.100. The number of hydrogen-bond acceptors (Lipinski definition) is 4. The molecule has 7 nitrogen and oxygen atoms in total. The van der Waals surface area contributed by atoms with Crippen molar-refractivity contribution in [3.8, 4) is 11.1 Å². The second kappa shape index (κ2) is 10.3. The van der Waals surface area contributed by atoms with Gasteiger partial charge in [0, 0.05) is 24.4 Å². The maximum atomic E-state index is 12.2. The quantitative estimate of drug-likeness (QED) is 0.553. The van der Waals surface area contributed by atoms with Gasteiger partial charge in [-0.1, -0.05) is 55.5 Å². The van der Waals surface area contributed by atoms with Crippen LogP contribution in [0.4, 0.5) is 4.79 Å². The van der Waals surface area contributed by atoms with E-state index in [4.69, 9.17) is 9.84 Å². The molecule has 3 unspecified atom stereocenters. The zero-order chi connectivity index (χ0) is 23.3. The molecule has 1 aliphatic carbocycles. The van der Waals surface area contributed by atoms with Crippen molar-refractivity contribution < 1.29 is 24.2 Å². The van der Waals surface area contributed by atoms with Crippen LogP contribution in [-0.2, 0) is 14.3 Å². The number of nitrogens with one attached hydrogen (secondary N) is 2. The van der Waals surface area contributed by atoms with E-state index in [1.165, 1.54) is 11.1 Å². The first-order chi connectivity index (χ1) is 15.3. The Morgan fingerprint density at radius 1 is 0.969 bits per heavy atom. The Morgan fingerprint density at radius 2 is 1.53 bits per heavy atom. The molecule has 2 amide bonds. The van der Waals surface area contributed by atoms with Gasteiger partial charge < -0.3 is 20.5 Å². The summed E-state index contributed by atoms with van der Waals surface area (Å²) in [6, 6.07) is 15.8. The van der Waals surface area contributed by atoms with Crippen LogP contribution < -0.4 is 10.6 Å². The number of carboxylic acids is 1. The summed E-state index contributed by atoms with van der Waals surface area (Å²) in [5, 5.41) is 14.4. The molecule has 3 atom stereocenters. The smallest absolute Gasteiger partial charge is 0.407 e. The van der Waals surface area contributed by atoms with Crippen LogP contribution in [0.1, 0.15) is 44.2 Å². The Labute approximate surface area is 188 Å². The highest BCUT2D eigenvalue weighted by Crippen LogP contribution is 2.44. The van der Waals surface area contributed by atoms with Crippen molar-refractivity contribution in [1.29, 1.82) is 0 Å². The summed E-state index contributed by atoms with van der Waals surface area (Å²) in [5.41, 5.74) is 4.64. The molecule has 3 rings (SSSR count). The number of carboxylic acid groups (broad SMARTS) is 1. The van der Waals surface area contributed by atoms with Gasteiger partial charge in [0.1, 0.15) is 6.61 Å². The van der Waals surface area contributed by atoms with Crippen LogP contribution in [0.2, 0.25) is 0 Å². The lowest BCUT2D eigenvalue weighted by molar-refractivity contribution is -0.142. The van der Waals surface area contributed by atoms with Gasteiger partial charge >= 0.3 is 12.1 Å². The highest BCUT2D eigenvalue weighted by atomic mass is 16.5. The number of amides is 2. The summed E-state index contributed by atoms with van der Waals surface area (Å²) in [7, 11) is 0. The zero-order valence-corrected chi connectivity index (χ0v) is 18.6. The molecule has 2 aromatic carbocycles. The molecule has 0 spiro atoms. The number of carbonyl (C=O) groups is 3. The van der Waals surface area contributed by atoms with Gasteiger partial charge in [0.25, 0.3) is 0 Å². The molecule has 7 heteroatoms. The SMILES string of the molecule is CC(CCNC(=O)OCC1c2ccccc2-c2ccccc21)C(=O)NC(C)C(C)C(=O)O. The maximum Gasteiger partial charge on any atom is 0.407 e. The molecule has 0 fully saturated rings. The fourth-order valence-electron chi connectivity index (χ4n) is 3.88. The molecule has 0 aliphatic heterocycles. The van der Waals surface area contributed by atoms with Gasteiger partial charge in [-0.3, -0.25) is 9.59 Å². The van der Waals surface area contributed by atoms with Gasteiger partial charge in [-0.25, -0.2) is 4.79 Å². The number of benzene rings is 2. The molecule has 0 heterocycles. The third-order valence-corrected chi connectivity index (χ3v) is 6.15. The molecule has 1 aliphatic rings. The summed E-state index contributed by atoms with van der Waals surface area (Å²) >= 11 is 0. The van der Waals surface area contributed by atoms with E-state index < -0.39 is 24.0 Å². The standard InChI is InChI=1S/C25H30N2O5/c1-15(23(28)27-17(3)16(2)24(29)30)12-13-26-25(31)32-14-22-20-10-6-4-8-18(20)19-9-5-7-11-21(19)22/h4-11,15-17,22H,12-14H2,1-3H3,(H,26,31)(H,27,28)(H,29,30). The maximum absolute atomic E-state index is 12.2. The lowest BCUT2D eigenvalue weighted by Gasteiger charge is -2.20. The molecule has 0 bridgehead atoms. The molecule has 170 valence electrons. The Hall–Kier alpha value is -3.35. The van der Waals surface area contributed by atoms with E-state index in [0.717, 1.165) is 11.1 Å². The van der Waals surface area contributed by atoms with Crippen LogP contribution in [0.5, 0.6) is 0 Å². The van der Waals surface area contributed by atoms with Gasteiger partial charge in [-0.05, 0) is 42.5 Å². The van der Waals surface area contributed by atoms with Crippen molar-refractivity contribution in [3.63, 3.8) is 0 Å². The average molecular weight is 439 g/mol. The van der Waals surface area contributed by atoms with E-state index in [1.54, 1.807) is 20.8 Å². The topological polar surface area (TPSA) is 105 Å². The molecule has 2 aromatic rings. The number of aliphatic carboxylic acids is 1. The molecular weight excluding hydrogens is 408 g/mol. The van der Waals surface area contributed by atoms with Gasteiger partial charge in [0.2, 0.25) is 5.91 Å². The Kier molecular flexibility index (Phi) is 7.51. The van der Waals surface area contributed by atoms with E-state index in [0.29, 0.717) is 6.42 Å². The third kappa shape index (κ3) is 5.28. The van der Waals surface area contributed by atoms with Crippen LogP contribution in [0.3, 0.4) is 0 Å². The minimum absolute atomic E-state index is 0.00411. The minimum atomic E-state index is -0.956.